The second-order valence-corrected chi connectivity index (χ2v) is 12.5. The van der Waals surface area contributed by atoms with Crippen molar-refractivity contribution in [1.29, 1.82) is 0 Å². The first kappa shape index (κ1) is 33.6. The molecule has 242 valence electrons. The number of allylic oxidation sites excluding steroid dienone is 1. The highest BCUT2D eigenvalue weighted by atomic mass is 16.6. The first-order chi connectivity index (χ1) is 20.9. The lowest BCUT2D eigenvalue weighted by atomic mass is 9.65. The highest BCUT2D eigenvalue weighted by Crippen LogP contribution is 2.64. The Balaban J connectivity index is 1.60. The summed E-state index contributed by atoms with van der Waals surface area (Å²) in [5, 5.41) is 9.20. The summed E-state index contributed by atoms with van der Waals surface area (Å²) in [5.74, 6) is -2.15. The van der Waals surface area contributed by atoms with Gasteiger partial charge in [-0.2, -0.15) is 0 Å². The molecule has 43 heavy (non-hydrogen) atoms. The van der Waals surface area contributed by atoms with E-state index in [0.29, 0.717) is 78.1 Å². The number of likely N-dealkylation sites (tertiary alicyclic amines) is 1. The molecular weight excluding hydrogens is 550 g/mol. The number of morpholine rings is 1. The van der Waals surface area contributed by atoms with Crippen molar-refractivity contribution in [2.45, 2.75) is 88.4 Å². The van der Waals surface area contributed by atoms with Crippen LogP contribution in [0.25, 0.3) is 0 Å². The average Bonchev–Trinajstić information content (AvgIpc) is 3.62. The molecule has 1 spiro atoms. The summed E-state index contributed by atoms with van der Waals surface area (Å²) in [7, 11) is 0. The van der Waals surface area contributed by atoms with Crippen LogP contribution < -0.4 is 0 Å². The predicted octanol–water partition coefficient (Wildman–Crippen LogP) is 2.94. The average molecular weight is 604 g/mol. The quantitative estimate of drug-likeness (QED) is 0.136. The van der Waals surface area contributed by atoms with Crippen LogP contribution in [-0.2, 0) is 28.6 Å². The lowest BCUT2D eigenvalue weighted by Gasteiger charge is -2.37. The molecule has 1 N–H and O–H groups in total. The summed E-state index contributed by atoms with van der Waals surface area (Å²) in [6.45, 7) is 15.1. The van der Waals surface area contributed by atoms with E-state index in [-0.39, 0.29) is 24.4 Å². The Labute approximate surface area is 257 Å². The number of nitrogens with zero attached hydrogens (tertiary/aromatic N) is 3. The molecule has 0 aliphatic carbocycles. The van der Waals surface area contributed by atoms with Gasteiger partial charge in [-0.05, 0) is 51.4 Å². The molecule has 2 amide bonds. The molecule has 0 aromatic rings. The van der Waals surface area contributed by atoms with Crippen molar-refractivity contribution in [3.63, 3.8) is 0 Å². The molecule has 10 heteroatoms. The van der Waals surface area contributed by atoms with E-state index in [9.17, 15) is 19.5 Å². The highest BCUT2D eigenvalue weighted by Gasteiger charge is 2.79. The lowest BCUT2D eigenvalue weighted by molar-refractivity contribution is -0.162. The van der Waals surface area contributed by atoms with E-state index < -0.39 is 29.1 Å². The summed E-state index contributed by atoms with van der Waals surface area (Å²) in [4.78, 5) is 48.4. The Kier molecular flexibility index (Phi) is 12.2. The largest absolute Gasteiger partial charge is 0.465 e. The van der Waals surface area contributed by atoms with Crippen LogP contribution in [0.5, 0.6) is 0 Å². The van der Waals surface area contributed by atoms with Crippen LogP contribution in [0.2, 0.25) is 0 Å². The zero-order chi connectivity index (χ0) is 30.9. The van der Waals surface area contributed by atoms with Gasteiger partial charge < -0.3 is 29.1 Å². The number of ether oxygens (including phenoxy) is 3. The summed E-state index contributed by atoms with van der Waals surface area (Å²) in [6, 6.07) is -0.800. The molecule has 4 rings (SSSR count). The van der Waals surface area contributed by atoms with Gasteiger partial charge in [-0.15, -0.1) is 13.2 Å². The third kappa shape index (κ3) is 7.02. The van der Waals surface area contributed by atoms with Gasteiger partial charge in [-0.25, -0.2) is 0 Å². The number of unbranched alkanes of at least 4 members (excludes halogenated alkanes) is 5. The van der Waals surface area contributed by atoms with Crippen LogP contribution >= 0.6 is 0 Å². The number of esters is 1. The number of carbonyl (C=O) groups is 3. The predicted molar refractivity (Wildman–Crippen MR) is 163 cm³/mol. The molecular formula is C33H53N3O7. The van der Waals surface area contributed by atoms with E-state index in [4.69, 9.17) is 14.2 Å². The first-order valence-electron chi connectivity index (χ1n) is 16.5. The SMILES string of the molecule is C=CCCCCOC(=O)[C@H]1[C@H]2C(=O)N(CCCCCCO)C(C(=O)N(CC=C)CCN3CCOCC3)C23CC[C@]1(CC)O3. The zero-order valence-electron chi connectivity index (χ0n) is 26.2. The van der Waals surface area contributed by atoms with Gasteiger partial charge in [0, 0.05) is 45.9 Å². The van der Waals surface area contributed by atoms with E-state index in [2.05, 4.69) is 18.1 Å². The van der Waals surface area contributed by atoms with Crippen LogP contribution in [0.15, 0.2) is 25.3 Å². The van der Waals surface area contributed by atoms with Crippen molar-refractivity contribution in [1.82, 2.24) is 14.7 Å². The summed E-state index contributed by atoms with van der Waals surface area (Å²) >= 11 is 0. The Morgan fingerprint density at radius 1 is 1.07 bits per heavy atom. The van der Waals surface area contributed by atoms with Crippen molar-refractivity contribution >= 4 is 17.8 Å². The van der Waals surface area contributed by atoms with E-state index in [1.54, 1.807) is 15.9 Å². The Hall–Kier alpha value is -2.27. The van der Waals surface area contributed by atoms with Gasteiger partial charge >= 0.3 is 5.97 Å². The topological polar surface area (TPSA) is 109 Å². The van der Waals surface area contributed by atoms with E-state index in [1.807, 2.05) is 13.0 Å². The van der Waals surface area contributed by atoms with Crippen LogP contribution in [0.4, 0.5) is 0 Å². The molecule has 4 saturated heterocycles. The van der Waals surface area contributed by atoms with Crippen molar-refractivity contribution < 1.29 is 33.7 Å². The fourth-order valence-corrected chi connectivity index (χ4v) is 7.70. The minimum atomic E-state index is -1.06. The van der Waals surface area contributed by atoms with Gasteiger partial charge in [0.15, 0.2) is 0 Å². The minimum absolute atomic E-state index is 0.135. The Morgan fingerprint density at radius 2 is 1.84 bits per heavy atom. The Bertz CT molecular complexity index is 986. The zero-order valence-corrected chi connectivity index (χ0v) is 26.2. The molecule has 4 aliphatic heterocycles. The number of amides is 2. The fourth-order valence-electron chi connectivity index (χ4n) is 7.70. The van der Waals surface area contributed by atoms with Crippen molar-refractivity contribution in [2.24, 2.45) is 11.8 Å². The van der Waals surface area contributed by atoms with Gasteiger partial charge in [-0.1, -0.05) is 31.9 Å². The standard InChI is InChI=1S/C33H53N3O7/c1-4-7-8-13-23-42-31(40)27-26-29(38)36(17-11-9-10-12-22-37)28(33(26)15-14-32(27,6-3)43-33)30(39)35(16-5-2)19-18-34-20-24-41-25-21-34/h4-5,26-28,37H,1-2,6-25H2,3H3/t26-,27+,28?,32-,33?/m0/s1. The second kappa shape index (κ2) is 15.6. The normalized spacial score (nSPS) is 30.0. The maximum Gasteiger partial charge on any atom is 0.312 e. The lowest BCUT2D eigenvalue weighted by Crippen LogP contribution is -2.57. The van der Waals surface area contributed by atoms with Gasteiger partial charge in [0.25, 0.3) is 0 Å². The maximum absolute atomic E-state index is 14.6. The molecule has 0 aromatic carbocycles. The van der Waals surface area contributed by atoms with Gasteiger partial charge in [0.2, 0.25) is 11.8 Å². The molecule has 4 heterocycles. The molecule has 0 saturated carbocycles. The van der Waals surface area contributed by atoms with Crippen LogP contribution in [0, 0.1) is 11.8 Å². The number of aliphatic hydroxyl groups excluding tert-OH is 1. The first-order valence-corrected chi connectivity index (χ1v) is 16.5. The molecule has 0 aromatic heterocycles. The molecule has 2 bridgehead atoms. The van der Waals surface area contributed by atoms with Gasteiger partial charge in [-0.3, -0.25) is 19.3 Å². The number of hydrogen-bond acceptors (Lipinski definition) is 8. The monoisotopic (exact) mass is 603 g/mol. The molecule has 4 fully saturated rings. The van der Waals surface area contributed by atoms with Crippen LogP contribution in [-0.4, -0.2) is 121 Å². The minimum Gasteiger partial charge on any atom is -0.465 e. The fraction of sp³-hybridized carbons (Fsp3) is 0.788. The number of carbonyl (C=O) groups excluding carboxylic acids is 3. The van der Waals surface area contributed by atoms with Gasteiger partial charge in [0.1, 0.15) is 17.6 Å². The molecule has 0 radical (unpaired) electrons. The Morgan fingerprint density at radius 3 is 2.53 bits per heavy atom. The van der Waals surface area contributed by atoms with Crippen LogP contribution in [0.1, 0.15) is 71.1 Å². The van der Waals surface area contributed by atoms with E-state index in [0.717, 1.165) is 45.2 Å². The summed E-state index contributed by atoms with van der Waals surface area (Å²) in [6.07, 6.45) is 10.9. The second-order valence-electron chi connectivity index (χ2n) is 12.5. The number of hydrogen-bond donors (Lipinski definition) is 1. The van der Waals surface area contributed by atoms with E-state index >= 15 is 0 Å². The molecule has 5 atom stereocenters. The molecule has 10 nitrogen and oxygen atoms in total. The highest BCUT2D eigenvalue weighted by molar-refractivity contribution is 5.98. The van der Waals surface area contributed by atoms with Crippen LogP contribution in [0.3, 0.4) is 0 Å². The third-order valence-corrected chi connectivity index (χ3v) is 9.97. The van der Waals surface area contributed by atoms with Crippen molar-refractivity contribution in [3.8, 4) is 0 Å². The maximum atomic E-state index is 14.6. The van der Waals surface area contributed by atoms with Crippen molar-refractivity contribution in [3.05, 3.63) is 25.3 Å². The van der Waals surface area contributed by atoms with E-state index in [1.165, 1.54) is 0 Å². The molecule has 4 aliphatic rings. The number of aliphatic hydroxyl groups is 1. The smallest absolute Gasteiger partial charge is 0.312 e. The number of rotatable bonds is 19. The third-order valence-electron chi connectivity index (χ3n) is 9.97. The summed E-state index contributed by atoms with van der Waals surface area (Å²) in [5.41, 5.74) is -1.86. The number of fused-ring (bicyclic) bond motifs is 1. The molecule has 2 unspecified atom stereocenters. The van der Waals surface area contributed by atoms with Crippen molar-refractivity contribution in [2.75, 3.05) is 65.7 Å². The van der Waals surface area contributed by atoms with Gasteiger partial charge in [0.05, 0.1) is 31.3 Å². The summed E-state index contributed by atoms with van der Waals surface area (Å²) < 4.78 is 18.2.